The van der Waals surface area contributed by atoms with Crippen molar-refractivity contribution in [2.24, 2.45) is 0 Å². The molecule has 1 atom stereocenters. The highest BCUT2D eigenvalue weighted by atomic mass is 32.1. The van der Waals surface area contributed by atoms with Crippen molar-refractivity contribution in [2.75, 3.05) is 19.6 Å². The zero-order valence-electron chi connectivity index (χ0n) is 9.48. The Morgan fingerprint density at radius 2 is 2.62 bits per heavy atom. The van der Waals surface area contributed by atoms with Crippen LogP contribution in [-0.2, 0) is 11.2 Å². The molecule has 1 amide bonds. The highest BCUT2D eigenvalue weighted by Crippen LogP contribution is 2.10. The van der Waals surface area contributed by atoms with Gasteiger partial charge in [-0.05, 0) is 6.92 Å². The fourth-order valence-electron chi connectivity index (χ4n) is 1.95. The maximum absolute atomic E-state index is 12.0. The summed E-state index contributed by atoms with van der Waals surface area (Å²) in [6, 6.07) is 0.317. The molecule has 88 valence electrons. The summed E-state index contributed by atoms with van der Waals surface area (Å²) in [6.07, 6.45) is 3.14. The van der Waals surface area contributed by atoms with Gasteiger partial charge in [0.1, 0.15) is 0 Å². The van der Waals surface area contributed by atoms with Crippen LogP contribution >= 0.6 is 11.3 Å². The van der Waals surface area contributed by atoms with E-state index in [2.05, 4.69) is 17.2 Å². The predicted octanol–water partition coefficient (Wildman–Crippen LogP) is 0.896. The van der Waals surface area contributed by atoms with Crippen molar-refractivity contribution in [2.45, 2.75) is 25.8 Å². The standard InChI is InChI=1S/C11H17N3OS/c1-9-8-12-4-6-14(9)11(15)3-2-10-13-5-7-16-10/h5,7,9,12H,2-4,6,8H2,1H3/t9-/m1/s1. The van der Waals surface area contributed by atoms with Gasteiger partial charge in [0.25, 0.3) is 0 Å². The van der Waals surface area contributed by atoms with E-state index in [-0.39, 0.29) is 5.91 Å². The Hall–Kier alpha value is -0.940. The van der Waals surface area contributed by atoms with Crippen LogP contribution in [0.2, 0.25) is 0 Å². The first-order valence-electron chi connectivity index (χ1n) is 5.66. The van der Waals surface area contributed by atoms with Crippen molar-refractivity contribution in [3.05, 3.63) is 16.6 Å². The van der Waals surface area contributed by atoms with Crippen LogP contribution in [0.3, 0.4) is 0 Å². The van der Waals surface area contributed by atoms with Gasteiger partial charge in [-0.15, -0.1) is 11.3 Å². The lowest BCUT2D eigenvalue weighted by Gasteiger charge is -2.34. The van der Waals surface area contributed by atoms with Crippen LogP contribution in [0.15, 0.2) is 11.6 Å². The molecule has 0 spiro atoms. The summed E-state index contributed by atoms with van der Waals surface area (Å²) in [6.45, 7) is 4.74. The highest BCUT2D eigenvalue weighted by Gasteiger charge is 2.22. The van der Waals surface area contributed by atoms with Gasteiger partial charge in [-0.1, -0.05) is 0 Å². The summed E-state index contributed by atoms with van der Waals surface area (Å²) in [5.74, 6) is 0.254. The molecule has 1 aromatic heterocycles. The van der Waals surface area contributed by atoms with Crippen LogP contribution in [0.25, 0.3) is 0 Å². The number of amides is 1. The third-order valence-electron chi connectivity index (χ3n) is 2.86. The molecule has 16 heavy (non-hydrogen) atoms. The van der Waals surface area contributed by atoms with Gasteiger partial charge in [0.2, 0.25) is 5.91 Å². The van der Waals surface area contributed by atoms with Gasteiger partial charge in [-0.2, -0.15) is 0 Å². The summed E-state index contributed by atoms with van der Waals surface area (Å²) in [7, 11) is 0. The first kappa shape index (κ1) is 11.5. The fraction of sp³-hybridized carbons (Fsp3) is 0.636. The van der Waals surface area contributed by atoms with E-state index in [1.807, 2.05) is 10.3 Å². The number of aromatic nitrogens is 1. The lowest BCUT2D eigenvalue weighted by molar-refractivity contribution is -0.133. The molecule has 1 aliphatic heterocycles. The number of thiazole rings is 1. The zero-order valence-corrected chi connectivity index (χ0v) is 10.3. The van der Waals surface area contributed by atoms with E-state index < -0.39 is 0 Å². The quantitative estimate of drug-likeness (QED) is 0.852. The molecule has 1 aromatic rings. The van der Waals surface area contributed by atoms with Crippen molar-refractivity contribution >= 4 is 17.2 Å². The number of hydrogen-bond acceptors (Lipinski definition) is 4. The number of hydrogen-bond donors (Lipinski definition) is 1. The number of nitrogens with one attached hydrogen (secondary N) is 1. The molecule has 2 heterocycles. The Morgan fingerprint density at radius 1 is 1.75 bits per heavy atom. The molecular weight excluding hydrogens is 222 g/mol. The molecule has 0 bridgehead atoms. The smallest absolute Gasteiger partial charge is 0.223 e. The van der Waals surface area contributed by atoms with E-state index >= 15 is 0 Å². The monoisotopic (exact) mass is 239 g/mol. The molecule has 0 unspecified atom stereocenters. The zero-order chi connectivity index (χ0) is 11.4. The third kappa shape index (κ3) is 2.80. The van der Waals surface area contributed by atoms with Crippen LogP contribution in [0.5, 0.6) is 0 Å². The van der Waals surface area contributed by atoms with Crippen molar-refractivity contribution in [1.82, 2.24) is 15.2 Å². The molecule has 0 saturated carbocycles. The van der Waals surface area contributed by atoms with Gasteiger partial charge < -0.3 is 10.2 Å². The molecular formula is C11H17N3OS. The van der Waals surface area contributed by atoms with Crippen molar-refractivity contribution in [1.29, 1.82) is 0 Å². The van der Waals surface area contributed by atoms with Gasteiger partial charge in [-0.25, -0.2) is 4.98 Å². The largest absolute Gasteiger partial charge is 0.337 e. The summed E-state index contributed by atoms with van der Waals surface area (Å²) in [5, 5.41) is 6.29. The minimum Gasteiger partial charge on any atom is -0.337 e. The Bertz CT molecular complexity index is 339. The molecule has 1 saturated heterocycles. The number of piperazine rings is 1. The number of carbonyl (C=O) groups excluding carboxylic acids is 1. The average molecular weight is 239 g/mol. The molecule has 1 fully saturated rings. The lowest BCUT2D eigenvalue weighted by atomic mass is 10.2. The van der Waals surface area contributed by atoms with E-state index in [4.69, 9.17) is 0 Å². The van der Waals surface area contributed by atoms with Crippen LogP contribution in [0.4, 0.5) is 0 Å². The Labute approximate surface area is 99.7 Å². The second-order valence-corrected chi connectivity index (χ2v) is 5.05. The highest BCUT2D eigenvalue weighted by molar-refractivity contribution is 7.09. The van der Waals surface area contributed by atoms with Crippen LogP contribution in [0, 0.1) is 0 Å². The lowest BCUT2D eigenvalue weighted by Crippen LogP contribution is -2.52. The Morgan fingerprint density at radius 3 is 3.31 bits per heavy atom. The van der Waals surface area contributed by atoms with Crippen LogP contribution in [0.1, 0.15) is 18.4 Å². The molecule has 4 nitrogen and oxygen atoms in total. The number of aryl methyl sites for hydroxylation is 1. The van der Waals surface area contributed by atoms with Gasteiger partial charge in [0.15, 0.2) is 0 Å². The number of nitrogens with zero attached hydrogens (tertiary/aromatic N) is 2. The first-order chi connectivity index (χ1) is 7.77. The summed E-state index contributed by atoms with van der Waals surface area (Å²) >= 11 is 1.62. The van der Waals surface area contributed by atoms with Crippen LogP contribution in [-0.4, -0.2) is 41.5 Å². The van der Waals surface area contributed by atoms with Crippen LogP contribution < -0.4 is 5.32 Å². The maximum Gasteiger partial charge on any atom is 0.223 e. The second kappa shape index (κ2) is 5.41. The van der Waals surface area contributed by atoms with Crippen molar-refractivity contribution in [3.63, 3.8) is 0 Å². The molecule has 5 heteroatoms. The van der Waals surface area contributed by atoms with E-state index in [0.29, 0.717) is 12.5 Å². The minimum atomic E-state index is 0.254. The van der Waals surface area contributed by atoms with E-state index in [0.717, 1.165) is 31.1 Å². The topological polar surface area (TPSA) is 45.2 Å². The normalized spacial score (nSPS) is 21.1. The van der Waals surface area contributed by atoms with Gasteiger partial charge >= 0.3 is 0 Å². The fourth-order valence-corrected chi connectivity index (χ4v) is 2.57. The maximum atomic E-state index is 12.0. The summed E-state index contributed by atoms with van der Waals surface area (Å²) < 4.78 is 0. The van der Waals surface area contributed by atoms with Gasteiger partial charge in [0.05, 0.1) is 5.01 Å². The van der Waals surface area contributed by atoms with E-state index in [1.165, 1.54) is 0 Å². The van der Waals surface area contributed by atoms with E-state index in [1.54, 1.807) is 17.5 Å². The molecule has 0 aliphatic carbocycles. The number of carbonyl (C=O) groups is 1. The van der Waals surface area contributed by atoms with Crippen molar-refractivity contribution in [3.8, 4) is 0 Å². The summed E-state index contributed by atoms with van der Waals surface area (Å²) in [4.78, 5) is 18.1. The molecule has 1 N–H and O–H groups in total. The second-order valence-electron chi connectivity index (χ2n) is 4.07. The van der Waals surface area contributed by atoms with Gasteiger partial charge in [-0.3, -0.25) is 4.79 Å². The Balaban J connectivity index is 1.83. The number of rotatable bonds is 3. The van der Waals surface area contributed by atoms with Crippen molar-refractivity contribution < 1.29 is 4.79 Å². The SMILES string of the molecule is C[C@@H]1CNCCN1C(=O)CCc1nccs1. The Kier molecular flexibility index (Phi) is 3.90. The van der Waals surface area contributed by atoms with Gasteiger partial charge in [0, 0.05) is 50.1 Å². The molecule has 0 aromatic carbocycles. The average Bonchev–Trinajstić information content (AvgIpc) is 2.79. The minimum absolute atomic E-state index is 0.254. The molecule has 0 radical (unpaired) electrons. The first-order valence-corrected chi connectivity index (χ1v) is 6.54. The summed E-state index contributed by atoms with van der Waals surface area (Å²) in [5.41, 5.74) is 0. The molecule has 2 rings (SSSR count). The third-order valence-corrected chi connectivity index (χ3v) is 3.70. The molecule has 1 aliphatic rings. The van der Waals surface area contributed by atoms with E-state index in [9.17, 15) is 4.79 Å². The predicted molar refractivity (Wildman–Crippen MR) is 64.5 cm³/mol.